The summed E-state index contributed by atoms with van der Waals surface area (Å²) >= 11 is 1.64. The van der Waals surface area contributed by atoms with Crippen LogP contribution in [0.25, 0.3) is 0 Å². The van der Waals surface area contributed by atoms with Gasteiger partial charge in [-0.3, -0.25) is 10.4 Å². The second kappa shape index (κ2) is 7.88. The molecule has 0 aliphatic carbocycles. The Morgan fingerprint density at radius 3 is 2.54 bits per heavy atom. The maximum Gasteiger partial charge on any atom is 0.177 e. The van der Waals surface area contributed by atoms with Crippen molar-refractivity contribution in [1.82, 2.24) is 5.43 Å². The van der Waals surface area contributed by atoms with Crippen LogP contribution in [0.4, 0.5) is 0 Å². The van der Waals surface area contributed by atoms with Crippen LogP contribution >= 0.6 is 11.8 Å². The van der Waals surface area contributed by atoms with Gasteiger partial charge in [-0.1, -0.05) is 42.1 Å². The highest BCUT2D eigenvalue weighted by atomic mass is 32.2. The molecule has 3 rings (SSSR count). The fourth-order valence-electron chi connectivity index (χ4n) is 2.31. The summed E-state index contributed by atoms with van der Waals surface area (Å²) in [5, 5.41) is 5.28. The summed E-state index contributed by atoms with van der Waals surface area (Å²) in [6, 6.07) is 16.0. The van der Waals surface area contributed by atoms with E-state index in [1.807, 2.05) is 36.4 Å². The molecule has 0 atom stereocenters. The molecule has 24 heavy (non-hydrogen) atoms. The number of hydrogen-bond acceptors (Lipinski definition) is 5. The molecule has 1 aliphatic rings. The molecule has 2 aromatic carbocycles. The molecule has 0 saturated heterocycles. The molecule has 2 aromatic rings. The zero-order chi connectivity index (χ0) is 16.8. The van der Waals surface area contributed by atoms with Crippen LogP contribution in [0.3, 0.4) is 0 Å². The summed E-state index contributed by atoms with van der Waals surface area (Å²) in [4.78, 5) is 4.56. The maximum atomic E-state index is 5.35. The second-order valence-corrected chi connectivity index (χ2v) is 6.10. The first-order valence-electron chi connectivity index (χ1n) is 7.56. The Bertz CT molecular complexity index is 760. The first-order chi connectivity index (χ1) is 11.8. The average molecular weight is 341 g/mol. The highest BCUT2D eigenvalue weighted by molar-refractivity contribution is 8.14. The van der Waals surface area contributed by atoms with Crippen molar-refractivity contribution in [2.45, 2.75) is 6.54 Å². The molecule has 1 heterocycles. The molecule has 0 radical (unpaired) electrons. The zero-order valence-corrected chi connectivity index (χ0v) is 14.5. The van der Waals surface area contributed by atoms with E-state index < -0.39 is 0 Å². The molecule has 0 fully saturated rings. The van der Waals surface area contributed by atoms with Gasteiger partial charge in [-0.2, -0.15) is 5.10 Å². The number of benzene rings is 2. The fourth-order valence-corrected chi connectivity index (χ4v) is 3.08. The minimum Gasteiger partial charge on any atom is -0.493 e. The summed E-state index contributed by atoms with van der Waals surface area (Å²) in [5.74, 6) is 2.17. The number of ether oxygens (including phenoxy) is 2. The predicted octanol–water partition coefficient (Wildman–Crippen LogP) is 3.30. The van der Waals surface area contributed by atoms with Crippen LogP contribution < -0.4 is 14.9 Å². The number of aliphatic imine (C=N–C) groups is 1. The lowest BCUT2D eigenvalue weighted by Crippen LogP contribution is -2.25. The Hall–Kier alpha value is -2.47. The number of hydrazone groups is 1. The molecule has 1 N–H and O–H groups in total. The van der Waals surface area contributed by atoms with Crippen molar-refractivity contribution in [2.75, 3.05) is 20.0 Å². The van der Waals surface area contributed by atoms with Gasteiger partial charge in [-0.15, -0.1) is 0 Å². The van der Waals surface area contributed by atoms with E-state index in [0.717, 1.165) is 22.2 Å². The van der Waals surface area contributed by atoms with E-state index in [-0.39, 0.29) is 0 Å². The molecule has 1 aliphatic heterocycles. The van der Waals surface area contributed by atoms with E-state index in [9.17, 15) is 0 Å². The van der Waals surface area contributed by atoms with Crippen molar-refractivity contribution in [2.24, 2.45) is 10.1 Å². The number of rotatable bonds is 5. The molecule has 0 saturated carbocycles. The van der Waals surface area contributed by atoms with Gasteiger partial charge in [-0.25, -0.2) is 0 Å². The number of hydrogen-bond donors (Lipinski definition) is 1. The molecule has 0 amide bonds. The Balaban J connectivity index is 1.69. The monoisotopic (exact) mass is 341 g/mol. The van der Waals surface area contributed by atoms with E-state index in [2.05, 4.69) is 27.7 Å². The van der Waals surface area contributed by atoms with Crippen LogP contribution in [0.5, 0.6) is 11.5 Å². The van der Waals surface area contributed by atoms with Crippen LogP contribution in [0.15, 0.2) is 58.6 Å². The third-order valence-electron chi connectivity index (χ3n) is 3.60. The van der Waals surface area contributed by atoms with E-state index in [1.165, 1.54) is 5.56 Å². The number of nitrogens with zero attached hydrogens (tertiary/aromatic N) is 2. The van der Waals surface area contributed by atoms with Gasteiger partial charge >= 0.3 is 0 Å². The van der Waals surface area contributed by atoms with Crippen molar-refractivity contribution < 1.29 is 9.47 Å². The van der Waals surface area contributed by atoms with Crippen molar-refractivity contribution in [3.8, 4) is 11.5 Å². The predicted molar refractivity (Wildman–Crippen MR) is 99.3 cm³/mol. The van der Waals surface area contributed by atoms with Gasteiger partial charge in [0, 0.05) is 11.3 Å². The first-order valence-corrected chi connectivity index (χ1v) is 8.55. The van der Waals surface area contributed by atoms with Crippen LogP contribution in [0.1, 0.15) is 11.1 Å². The van der Waals surface area contributed by atoms with Gasteiger partial charge in [0.25, 0.3) is 0 Å². The first kappa shape index (κ1) is 16.4. The molecule has 0 spiro atoms. The van der Waals surface area contributed by atoms with Gasteiger partial charge in [-0.05, 0) is 23.8 Å². The Kier molecular flexibility index (Phi) is 5.38. The molecule has 6 heteroatoms. The summed E-state index contributed by atoms with van der Waals surface area (Å²) in [6.07, 6.45) is 0. The lowest BCUT2D eigenvalue weighted by molar-refractivity contribution is 0.355. The summed E-state index contributed by atoms with van der Waals surface area (Å²) in [6.45, 7) is 0.650. The normalized spacial score (nSPS) is 15.6. The fraction of sp³-hybridized carbons (Fsp3) is 0.222. The molecular weight excluding hydrogens is 322 g/mol. The summed E-state index contributed by atoms with van der Waals surface area (Å²) in [7, 11) is 3.26. The quantitative estimate of drug-likeness (QED) is 0.907. The van der Waals surface area contributed by atoms with Crippen molar-refractivity contribution >= 4 is 22.6 Å². The number of methoxy groups -OCH3 is 2. The van der Waals surface area contributed by atoms with E-state index in [4.69, 9.17) is 9.47 Å². The summed E-state index contributed by atoms with van der Waals surface area (Å²) in [5.41, 5.74) is 6.18. The maximum absolute atomic E-state index is 5.35. The van der Waals surface area contributed by atoms with Crippen molar-refractivity contribution in [1.29, 1.82) is 0 Å². The highest BCUT2D eigenvalue weighted by Crippen LogP contribution is 2.28. The average Bonchev–Trinajstić information content (AvgIpc) is 2.67. The third-order valence-corrected chi connectivity index (χ3v) is 4.51. The van der Waals surface area contributed by atoms with Gasteiger partial charge in [0.05, 0.1) is 26.5 Å². The smallest absolute Gasteiger partial charge is 0.177 e. The van der Waals surface area contributed by atoms with Crippen molar-refractivity contribution in [3.63, 3.8) is 0 Å². The molecule has 124 valence electrons. The molecule has 0 unspecified atom stereocenters. The van der Waals surface area contributed by atoms with Crippen LogP contribution in [-0.2, 0) is 6.54 Å². The molecule has 5 nitrogen and oxygen atoms in total. The van der Waals surface area contributed by atoms with Gasteiger partial charge in [0.15, 0.2) is 16.7 Å². The highest BCUT2D eigenvalue weighted by Gasteiger charge is 2.15. The van der Waals surface area contributed by atoms with E-state index >= 15 is 0 Å². The Morgan fingerprint density at radius 2 is 1.88 bits per heavy atom. The largest absolute Gasteiger partial charge is 0.493 e. The zero-order valence-electron chi connectivity index (χ0n) is 13.7. The van der Waals surface area contributed by atoms with E-state index in [1.54, 1.807) is 26.0 Å². The standard InChI is InChI=1S/C18H19N3O2S/c1-22-16-9-8-14(10-17(16)23-2)15-12-24-18(21-20-15)19-11-13-6-4-3-5-7-13/h3-10H,11-12H2,1-2H3,(H,19,21). The molecule has 0 bridgehead atoms. The van der Waals surface area contributed by atoms with E-state index in [0.29, 0.717) is 18.0 Å². The van der Waals surface area contributed by atoms with Gasteiger partial charge < -0.3 is 9.47 Å². The minimum atomic E-state index is 0.650. The lowest BCUT2D eigenvalue weighted by atomic mass is 10.1. The van der Waals surface area contributed by atoms with Crippen LogP contribution in [-0.4, -0.2) is 30.9 Å². The Morgan fingerprint density at radius 1 is 1.08 bits per heavy atom. The molecule has 0 aromatic heterocycles. The van der Waals surface area contributed by atoms with Crippen molar-refractivity contribution in [3.05, 3.63) is 59.7 Å². The molecular formula is C18H19N3O2S. The topological polar surface area (TPSA) is 55.2 Å². The van der Waals surface area contributed by atoms with Gasteiger partial charge in [0.2, 0.25) is 0 Å². The van der Waals surface area contributed by atoms with Crippen LogP contribution in [0, 0.1) is 0 Å². The Labute approximate surface area is 145 Å². The second-order valence-electron chi connectivity index (χ2n) is 5.14. The third kappa shape index (κ3) is 3.89. The number of thioether (sulfide) groups is 1. The number of amidine groups is 1. The number of nitrogens with one attached hydrogen (secondary N) is 1. The lowest BCUT2D eigenvalue weighted by Gasteiger charge is -2.16. The minimum absolute atomic E-state index is 0.650. The summed E-state index contributed by atoms with van der Waals surface area (Å²) < 4.78 is 10.6. The SMILES string of the molecule is COc1ccc(C2=NNC(=NCc3ccccc3)SC2)cc1OC. The van der Waals surface area contributed by atoms with Gasteiger partial charge in [0.1, 0.15) is 0 Å². The van der Waals surface area contributed by atoms with Crippen LogP contribution in [0.2, 0.25) is 0 Å².